The Morgan fingerprint density at radius 3 is 1.58 bits per heavy atom. The van der Waals surface area contributed by atoms with E-state index >= 15 is 0 Å². The molecule has 2 heterocycles. The van der Waals surface area contributed by atoms with Gasteiger partial charge in [0.15, 0.2) is 11.6 Å². The molecular weight excluding hydrogens is 666 g/mol. The fourth-order valence-corrected chi connectivity index (χ4v) is 6.06. The molecule has 50 heavy (non-hydrogen) atoms. The predicted octanol–water partition coefficient (Wildman–Crippen LogP) is 5.08. The third-order valence-electron chi connectivity index (χ3n) is 8.73. The molecule has 0 spiro atoms. The van der Waals surface area contributed by atoms with E-state index in [2.05, 4.69) is 0 Å². The molecule has 2 aliphatic heterocycles. The normalized spacial score (nSPS) is 16.7. The fourth-order valence-electron chi connectivity index (χ4n) is 6.06. The number of benzene rings is 3. The summed E-state index contributed by atoms with van der Waals surface area (Å²) in [4.78, 5) is 24.7. The fraction of sp³-hybridized carbons (Fsp3) is 0.457. The zero-order chi connectivity index (χ0) is 36.5. The Balaban J connectivity index is 0.000000237. The van der Waals surface area contributed by atoms with Crippen molar-refractivity contribution in [1.82, 2.24) is 0 Å². The summed E-state index contributed by atoms with van der Waals surface area (Å²) in [6, 6.07) is 12.9. The minimum Gasteiger partial charge on any atom is -0.461 e. The lowest BCUT2D eigenvalue weighted by molar-refractivity contribution is -0.385. The number of hydrogen-bond donors (Lipinski definition) is 2. The summed E-state index contributed by atoms with van der Waals surface area (Å²) >= 11 is 0. The number of nitro groups is 1. The van der Waals surface area contributed by atoms with Gasteiger partial charge >= 0.3 is 5.97 Å². The highest BCUT2D eigenvalue weighted by Crippen LogP contribution is 2.33. The van der Waals surface area contributed by atoms with Crippen molar-refractivity contribution in [3.8, 4) is 0 Å². The zero-order valence-corrected chi connectivity index (χ0v) is 27.9. The number of piperidine rings is 2. The van der Waals surface area contributed by atoms with Gasteiger partial charge in [0.2, 0.25) is 0 Å². The Bertz CT molecular complexity index is 1570. The second-order valence-electron chi connectivity index (χ2n) is 12.5. The summed E-state index contributed by atoms with van der Waals surface area (Å²) in [5.41, 5.74) is -1.96. The molecule has 15 heteroatoms. The number of carbonyl (C=O) groups is 1. The van der Waals surface area contributed by atoms with Crippen molar-refractivity contribution in [3.63, 3.8) is 0 Å². The number of halogens is 4. The number of nitrogens with zero attached hydrogens (tertiary/aromatic N) is 3. The maximum atomic E-state index is 14.6. The highest BCUT2D eigenvalue weighted by molar-refractivity contribution is 5.73. The van der Waals surface area contributed by atoms with Crippen molar-refractivity contribution in [2.24, 2.45) is 0 Å². The molecule has 2 N–H and O–H groups in total. The van der Waals surface area contributed by atoms with Crippen LogP contribution in [0, 0.1) is 33.4 Å². The number of hydrogen-bond acceptors (Lipinski definition) is 10. The molecule has 11 nitrogen and oxygen atoms in total. The topological polar surface area (TPSA) is 135 Å². The van der Waals surface area contributed by atoms with Gasteiger partial charge in [-0.25, -0.2) is 17.6 Å². The van der Waals surface area contributed by atoms with Crippen LogP contribution >= 0.6 is 0 Å². The SMILES string of the molecule is COCC1(O)CCN(c2c(F)cc(CC(=O)OCc3ccccc3)cc2F)CC1.COCC1(O)CCN(c2c(F)cc([N+](=O)[O-])cc2F)CC1. The summed E-state index contributed by atoms with van der Waals surface area (Å²) in [7, 11) is 2.98. The number of ether oxygens (including phenoxy) is 3. The van der Waals surface area contributed by atoms with Crippen LogP contribution in [0.4, 0.5) is 34.6 Å². The number of carbonyl (C=O) groups excluding carboxylic acids is 1. The van der Waals surface area contributed by atoms with Crippen LogP contribution in [0.5, 0.6) is 0 Å². The first-order chi connectivity index (χ1) is 23.8. The molecule has 2 fully saturated rings. The van der Waals surface area contributed by atoms with Crippen LogP contribution < -0.4 is 9.80 Å². The standard InChI is InChI=1S/C22H25F2NO4.C13H16F2N2O4/c1-28-15-22(27)7-9-25(10-8-22)21-18(23)11-17(12-19(21)24)13-20(26)29-14-16-5-3-2-4-6-16;1-21-8-13(18)2-4-16(5-3-13)12-10(14)6-9(17(19)20)7-11(12)15/h2-6,11-12,27H,7-10,13-15H2,1H3;6-7,18H,2-5,8H2,1H3. The molecule has 0 saturated carbocycles. The largest absolute Gasteiger partial charge is 0.461 e. The van der Waals surface area contributed by atoms with Crippen LogP contribution in [0.15, 0.2) is 54.6 Å². The van der Waals surface area contributed by atoms with Gasteiger partial charge in [0.05, 0.1) is 47.9 Å². The molecule has 0 aliphatic carbocycles. The lowest BCUT2D eigenvalue weighted by atomic mass is 9.92. The molecule has 3 aromatic rings. The lowest BCUT2D eigenvalue weighted by Gasteiger charge is -2.39. The van der Waals surface area contributed by atoms with Crippen LogP contribution in [-0.2, 0) is 32.0 Å². The molecule has 2 saturated heterocycles. The second-order valence-corrected chi connectivity index (χ2v) is 12.5. The summed E-state index contributed by atoms with van der Waals surface area (Å²) in [6.45, 7) is 1.57. The van der Waals surface area contributed by atoms with Crippen LogP contribution in [-0.4, -0.2) is 85.9 Å². The monoisotopic (exact) mass is 707 g/mol. The van der Waals surface area contributed by atoms with Crippen molar-refractivity contribution < 1.29 is 51.7 Å². The smallest absolute Gasteiger partial charge is 0.310 e. The van der Waals surface area contributed by atoms with Crippen molar-refractivity contribution >= 4 is 23.0 Å². The Morgan fingerprint density at radius 1 is 0.760 bits per heavy atom. The van der Waals surface area contributed by atoms with Crippen molar-refractivity contribution in [2.75, 3.05) is 63.4 Å². The van der Waals surface area contributed by atoms with E-state index in [0.717, 1.165) is 17.7 Å². The molecule has 0 radical (unpaired) electrons. The van der Waals surface area contributed by atoms with Gasteiger partial charge in [-0.3, -0.25) is 14.9 Å². The number of esters is 1. The molecule has 2 aliphatic rings. The van der Waals surface area contributed by atoms with Crippen LogP contribution in [0.1, 0.15) is 36.8 Å². The Labute approximate surface area is 287 Å². The van der Waals surface area contributed by atoms with Gasteiger partial charge in [-0.05, 0) is 48.9 Å². The molecule has 0 aromatic heterocycles. The summed E-state index contributed by atoms with van der Waals surface area (Å²) in [5, 5.41) is 31.1. The Morgan fingerprint density at radius 2 is 1.18 bits per heavy atom. The van der Waals surface area contributed by atoms with Crippen LogP contribution in [0.2, 0.25) is 0 Å². The number of non-ortho nitro benzene ring substituents is 1. The number of rotatable bonds is 11. The van der Waals surface area contributed by atoms with Crippen molar-refractivity contribution in [1.29, 1.82) is 0 Å². The summed E-state index contributed by atoms with van der Waals surface area (Å²) in [5.74, 6) is -3.96. The average Bonchev–Trinajstić information content (AvgIpc) is 3.06. The van der Waals surface area contributed by atoms with Crippen molar-refractivity contribution in [3.05, 3.63) is 99.1 Å². The van der Waals surface area contributed by atoms with E-state index in [0.29, 0.717) is 50.9 Å². The van der Waals surface area contributed by atoms with E-state index in [1.807, 2.05) is 30.3 Å². The Kier molecular flexibility index (Phi) is 13.1. The van der Waals surface area contributed by atoms with E-state index in [9.17, 15) is 42.7 Å². The maximum Gasteiger partial charge on any atom is 0.310 e. The first-order valence-corrected chi connectivity index (χ1v) is 16.0. The Hall–Kier alpha value is -4.31. The predicted molar refractivity (Wildman–Crippen MR) is 176 cm³/mol. The molecule has 0 amide bonds. The first-order valence-electron chi connectivity index (χ1n) is 16.0. The lowest BCUT2D eigenvalue weighted by Crippen LogP contribution is -2.47. The van der Waals surface area contributed by atoms with Gasteiger partial charge in [-0.2, -0.15) is 0 Å². The van der Waals surface area contributed by atoms with E-state index in [-0.39, 0.29) is 56.3 Å². The molecule has 0 bridgehead atoms. The van der Waals surface area contributed by atoms with Gasteiger partial charge in [0, 0.05) is 40.4 Å². The van der Waals surface area contributed by atoms with E-state index in [1.165, 1.54) is 19.1 Å². The molecule has 3 aromatic carbocycles. The number of anilines is 2. The summed E-state index contributed by atoms with van der Waals surface area (Å²) < 4.78 is 72.2. The molecular formula is C35H41F4N3O8. The summed E-state index contributed by atoms with van der Waals surface area (Å²) in [6.07, 6.45) is 1.10. The molecule has 272 valence electrons. The minimum atomic E-state index is -1.00. The molecule has 5 rings (SSSR count). The zero-order valence-electron chi connectivity index (χ0n) is 27.9. The van der Waals surface area contributed by atoms with Crippen LogP contribution in [0.25, 0.3) is 0 Å². The highest BCUT2D eigenvalue weighted by Gasteiger charge is 2.35. The number of aliphatic hydroxyl groups is 2. The van der Waals surface area contributed by atoms with E-state index in [1.54, 1.807) is 4.90 Å². The van der Waals surface area contributed by atoms with Gasteiger partial charge in [0.1, 0.15) is 29.6 Å². The van der Waals surface area contributed by atoms with E-state index < -0.39 is 51.1 Å². The quantitative estimate of drug-likeness (QED) is 0.120. The number of nitro benzene ring substituents is 1. The molecule has 0 unspecified atom stereocenters. The van der Waals surface area contributed by atoms with Gasteiger partial charge in [-0.1, -0.05) is 30.3 Å². The third-order valence-corrected chi connectivity index (χ3v) is 8.73. The molecule has 0 atom stereocenters. The second kappa shape index (κ2) is 17.1. The highest BCUT2D eigenvalue weighted by atomic mass is 19.1. The van der Waals surface area contributed by atoms with Gasteiger partial charge in [-0.15, -0.1) is 0 Å². The van der Waals surface area contributed by atoms with Crippen LogP contribution in [0.3, 0.4) is 0 Å². The van der Waals surface area contributed by atoms with Gasteiger partial charge < -0.3 is 34.2 Å². The van der Waals surface area contributed by atoms with E-state index in [4.69, 9.17) is 14.2 Å². The number of methoxy groups -OCH3 is 2. The maximum absolute atomic E-state index is 14.6. The van der Waals surface area contributed by atoms with Crippen molar-refractivity contribution in [2.45, 2.75) is 49.9 Å². The minimum absolute atomic E-state index is 0.112. The van der Waals surface area contributed by atoms with Gasteiger partial charge in [0.25, 0.3) is 5.69 Å². The third kappa shape index (κ3) is 10.1. The average molecular weight is 708 g/mol. The first kappa shape index (κ1) is 38.5.